The molecule has 0 spiro atoms. The van der Waals surface area contributed by atoms with Gasteiger partial charge < -0.3 is 21.1 Å². The molecular formula is C28H19N5O8S. The molecule has 5 aromatic carbocycles. The van der Waals surface area contributed by atoms with Gasteiger partial charge in [-0.2, -0.15) is 13.5 Å². The van der Waals surface area contributed by atoms with Crippen molar-refractivity contribution in [3.05, 3.63) is 90.0 Å². The molecule has 210 valence electrons. The zero-order valence-electron chi connectivity index (χ0n) is 21.2. The minimum Gasteiger partial charge on any atom is -0.505 e. The van der Waals surface area contributed by atoms with Crippen LogP contribution in [0, 0.1) is 0 Å². The number of anilines is 1. The lowest BCUT2D eigenvalue weighted by molar-refractivity contribution is 0.0686. The summed E-state index contributed by atoms with van der Waals surface area (Å²) >= 11 is 0. The predicted octanol–water partition coefficient (Wildman–Crippen LogP) is 6.75. The number of fused-ring (bicyclic) bond motifs is 2. The molecule has 42 heavy (non-hydrogen) atoms. The van der Waals surface area contributed by atoms with Gasteiger partial charge >= 0.3 is 11.9 Å². The summed E-state index contributed by atoms with van der Waals surface area (Å²) in [6.45, 7) is 0. The molecule has 0 saturated carbocycles. The van der Waals surface area contributed by atoms with Crippen LogP contribution in [0.15, 0.2) is 104 Å². The Morgan fingerprint density at radius 2 is 1.36 bits per heavy atom. The predicted molar refractivity (Wildman–Crippen MR) is 153 cm³/mol. The van der Waals surface area contributed by atoms with E-state index in [1.807, 2.05) is 0 Å². The van der Waals surface area contributed by atoms with E-state index >= 15 is 0 Å². The summed E-state index contributed by atoms with van der Waals surface area (Å²) in [5, 5.41) is 47.0. The third-order valence-electron chi connectivity index (χ3n) is 6.20. The van der Waals surface area contributed by atoms with Crippen molar-refractivity contribution in [3.8, 4) is 5.75 Å². The fourth-order valence-corrected chi connectivity index (χ4v) is 4.85. The minimum absolute atomic E-state index is 0.0158. The van der Waals surface area contributed by atoms with Crippen LogP contribution in [-0.2, 0) is 10.1 Å². The summed E-state index contributed by atoms with van der Waals surface area (Å²) in [6, 6.07) is 18.3. The highest BCUT2D eigenvalue weighted by atomic mass is 32.2. The van der Waals surface area contributed by atoms with Crippen molar-refractivity contribution in [2.45, 2.75) is 4.90 Å². The van der Waals surface area contributed by atoms with Gasteiger partial charge in [-0.3, -0.25) is 4.55 Å². The van der Waals surface area contributed by atoms with Crippen molar-refractivity contribution in [1.82, 2.24) is 0 Å². The van der Waals surface area contributed by atoms with E-state index in [1.54, 1.807) is 6.07 Å². The number of carboxylic acid groups (broad SMARTS) is 2. The molecule has 0 aliphatic rings. The number of aromatic hydroxyl groups is 1. The van der Waals surface area contributed by atoms with E-state index in [-0.39, 0.29) is 50.0 Å². The van der Waals surface area contributed by atoms with Crippen LogP contribution < -0.4 is 5.73 Å². The largest absolute Gasteiger partial charge is 0.505 e. The third kappa shape index (κ3) is 5.47. The number of nitrogens with two attached hydrogens (primary N) is 1. The number of rotatable bonds is 7. The van der Waals surface area contributed by atoms with Crippen LogP contribution in [0.25, 0.3) is 21.5 Å². The van der Waals surface area contributed by atoms with E-state index in [4.69, 9.17) is 5.73 Å². The molecule has 6 N–H and O–H groups in total. The fraction of sp³-hybridized carbons (Fsp3) is 0. The van der Waals surface area contributed by atoms with Crippen LogP contribution in [0.3, 0.4) is 0 Å². The number of azo groups is 2. The summed E-state index contributed by atoms with van der Waals surface area (Å²) in [5.74, 6) is -2.96. The molecule has 0 aromatic heterocycles. The standard InChI is InChI=1S/C28H19N5O8S/c29-17-6-4-14-12-24(42(39,40)41)25(26(34)20(14)13-17)33-32-23-9-8-22(19-7-5-16(28(37)38)11-21(19)23)31-30-18-3-1-2-15(10-18)27(35)36/h1-13,34H,29H2,(H,35,36)(H,37,38)(H,39,40,41)/b31-30+,33-32+. The van der Waals surface area contributed by atoms with Crippen molar-refractivity contribution >= 4 is 72.0 Å². The van der Waals surface area contributed by atoms with E-state index in [0.29, 0.717) is 5.39 Å². The van der Waals surface area contributed by atoms with Crippen LogP contribution in [0.2, 0.25) is 0 Å². The molecule has 0 atom stereocenters. The Bertz CT molecular complexity index is 2110. The number of hydrogen-bond acceptors (Lipinski definition) is 10. The fourth-order valence-electron chi connectivity index (χ4n) is 4.19. The highest BCUT2D eigenvalue weighted by molar-refractivity contribution is 7.86. The second kappa shape index (κ2) is 10.7. The molecule has 14 heteroatoms. The van der Waals surface area contributed by atoms with Crippen LogP contribution >= 0.6 is 0 Å². The molecule has 0 saturated heterocycles. The second-order valence-electron chi connectivity index (χ2n) is 8.95. The normalized spacial score (nSPS) is 12.0. The molecule has 5 aromatic rings. The van der Waals surface area contributed by atoms with Gasteiger partial charge in [0.1, 0.15) is 10.6 Å². The maximum absolute atomic E-state index is 12.1. The number of hydrogen-bond donors (Lipinski definition) is 5. The van der Waals surface area contributed by atoms with E-state index in [1.165, 1.54) is 66.7 Å². The maximum Gasteiger partial charge on any atom is 0.335 e. The topological polar surface area (TPSA) is 225 Å². The molecule has 0 heterocycles. The number of phenols is 1. The van der Waals surface area contributed by atoms with Crippen LogP contribution in [0.1, 0.15) is 20.7 Å². The number of nitrogen functional groups attached to an aromatic ring is 1. The van der Waals surface area contributed by atoms with Crippen LogP contribution in [0.4, 0.5) is 28.4 Å². The van der Waals surface area contributed by atoms with Gasteiger partial charge in [0.15, 0.2) is 5.75 Å². The molecule has 0 unspecified atom stereocenters. The van der Waals surface area contributed by atoms with Gasteiger partial charge in [0, 0.05) is 21.8 Å². The molecule has 0 radical (unpaired) electrons. The highest BCUT2D eigenvalue weighted by Gasteiger charge is 2.22. The van der Waals surface area contributed by atoms with Crippen molar-refractivity contribution in [3.63, 3.8) is 0 Å². The number of carboxylic acids is 2. The van der Waals surface area contributed by atoms with Crippen molar-refractivity contribution < 1.29 is 37.9 Å². The summed E-state index contributed by atoms with van der Waals surface area (Å²) in [4.78, 5) is 22.2. The molecule has 13 nitrogen and oxygen atoms in total. The first-order chi connectivity index (χ1) is 19.9. The molecule has 0 aliphatic carbocycles. The lowest BCUT2D eigenvalue weighted by Gasteiger charge is -2.10. The first-order valence-electron chi connectivity index (χ1n) is 11.9. The smallest absolute Gasteiger partial charge is 0.335 e. The van der Waals surface area contributed by atoms with Crippen molar-refractivity contribution in [1.29, 1.82) is 0 Å². The third-order valence-corrected chi connectivity index (χ3v) is 7.06. The first kappa shape index (κ1) is 27.8. The van der Waals surface area contributed by atoms with E-state index in [2.05, 4.69) is 20.5 Å². The highest BCUT2D eigenvalue weighted by Crippen LogP contribution is 2.43. The number of nitrogens with zero attached hydrogens (tertiary/aromatic N) is 4. The molecule has 0 amide bonds. The molecule has 5 rings (SSSR count). The molecule has 0 fully saturated rings. The summed E-state index contributed by atoms with van der Waals surface area (Å²) in [5.41, 5.74) is 6.08. The Kier molecular flexibility index (Phi) is 7.08. The second-order valence-corrected chi connectivity index (χ2v) is 10.3. The Labute approximate surface area is 236 Å². The molecule has 0 aliphatic heterocycles. The Balaban J connectivity index is 1.66. The quantitative estimate of drug-likeness (QED) is 0.0771. The van der Waals surface area contributed by atoms with Crippen LogP contribution in [0.5, 0.6) is 5.75 Å². The average molecular weight is 586 g/mol. The van der Waals surface area contributed by atoms with E-state index in [0.717, 1.165) is 6.07 Å². The Morgan fingerprint density at radius 3 is 2.05 bits per heavy atom. The number of benzene rings is 5. The summed E-state index contributed by atoms with van der Waals surface area (Å²) in [7, 11) is -4.86. The zero-order valence-corrected chi connectivity index (χ0v) is 22.0. The van der Waals surface area contributed by atoms with Crippen molar-refractivity contribution in [2.75, 3.05) is 5.73 Å². The van der Waals surface area contributed by atoms with Gasteiger partial charge in [0.25, 0.3) is 10.1 Å². The van der Waals surface area contributed by atoms with Crippen molar-refractivity contribution in [2.24, 2.45) is 20.5 Å². The lowest BCUT2D eigenvalue weighted by Crippen LogP contribution is -1.99. The monoisotopic (exact) mass is 585 g/mol. The number of carbonyl (C=O) groups is 2. The Hall–Kier alpha value is -5.73. The van der Waals surface area contributed by atoms with Gasteiger partial charge in [-0.05, 0) is 66.0 Å². The minimum atomic E-state index is -4.86. The number of phenolic OH excluding ortho intramolecular Hbond substituents is 1. The van der Waals surface area contributed by atoms with Gasteiger partial charge in [-0.15, -0.1) is 15.3 Å². The maximum atomic E-state index is 12.1. The summed E-state index contributed by atoms with van der Waals surface area (Å²) < 4.78 is 34.1. The van der Waals surface area contributed by atoms with Gasteiger partial charge in [0.05, 0.1) is 28.2 Å². The average Bonchev–Trinajstić information content (AvgIpc) is 2.95. The van der Waals surface area contributed by atoms with Gasteiger partial charge in [-0.1, -0.05) is 18.2 Å². The van der Waals surface area contributed by atoms with E-state index < -0.39 is 38.4 Å². The van der Waals surface area contributed by atoms with Crippen LogP contribution in [-0.4, -0.2) is 40.2 Å². The van der Waals surface area contributed by atoms with Gasteiger partial charge in [-0.25, -0.2) is 9.59 Å². The Morgan fingerprint density at radius 1 is 0.690 bits per heavy atom. The molecule has 0 bridgehead atoms. The van der Waals surface area contributed by atoms with Gasteiger partial charge in [0.2, 0.25) is 0 Å². The number of aromatic carboxylic acids is 2. The summed E-state index contributed by atoms with van der Waals surface area (Å²) in [6.07, 6.45) is 0. The first-order valence-corrected chi connectivity index (χ1v) is 13.4. The SMILES string of the molecule is Nc1ccc2cc(S(=O)(=O)O)c(/N=N/c3ccc(/N=N/c4cccc(C(=O)O)c4)c4ccc(C(=O)O)cc34)c(O)c2c1. The zero-order chi connectivity index (χ0) is 30.2. The molecular weight excluding hydrogens is 566 g/mol. The van der Waals surface area contributed by atoms with E-state index in [9.17, 15) is 37.9 Å². The lowest BCUT2D eigenvalue weighted by atomic mass is 10.0.